The summed E-state index contributed by atoms with van der Waals surface area (Å²) < 4.78 is 11.0. The summed E-state index contributed by atoms with van der Waals surface area (Å²) in [4.78, 5) is 0. The molecule has 1 saturated heterocycles. The van der Waals surface area contributed by atoms with E-state index in [0.717, 1.165) is 0 Å². The van der Waals surface area contributed by atoms with Crippen LogP contribution in [0, 0.1) is 5.92 Å². The summed E-state index contributed by atoms with van der Waals surface area (Å²) in [7, 11) is 0. The summed E-state index contributed by atoms with van der Waals surface area (Å²) in [5.74, 6) is -0.340. The average molecular weight is 366 g/mol. The molecule has 1 heterocycles. The number of hydrogen-bond donors (Lipinski definition) is 7. The highest BCUT2D eigenvalue weighted by atomic mass is 16.7. The van der Waals surface area contributed by atoms with E-state index in [1.807, 2.05) is 0 Å². The normalized spacial score (nSPS) is 48.1. The quantitative estimate of drug-likeness (QED) is 0.278. The molecule has 148 valence electrons. The lowest BCUT2D eigenvalue weighted by atomic mass is 9.71. The van der Waals surface area contributed by atoms with Crippen LogP contribution in [-0.2, 0) is 9.47 Å². The first-order chi connectivity index (χ1) is 11.5. The van der Waals surface area contributed by atoms with E-state index < -0.39 is 61.2 Å². The van der Waals surface area contributed by atoms with Crippen molar-refractivity contribution in [3.05, 3.63) is 0 Å². The minimum absolute atomic E-state index is 0.204. The van der Waals surface area contributed by atoms with Gasteiger partial charge in [0.05, 0.1) is 30.5 Å². The second kappa shape index (κ2) is 7.71. The van der Waals surface area contributed by atoms with Crippen LogP contribution in [0.5, 0.6) is 0 Å². The Hall–Kier alpha value is -0.360. The van der Waals surface area contributed by atoms with Crippen molar-refractivity contribution in [3.8, 4) is 0 Å². The van der Waals surface area contributed by atoms with Crippen LogP contribution < -0.4 is 0 Å². The zero-order chi connectivity index (χ0) is 19.0. The van der Waals surface area contributed by atoms with Crippen LogP contribution in [0.25, 0.3) is 0 Å². The summed E-state index contributed by atoms with van der Waals surface area (Å²) in [5.41, 5.74) is -2.60. The average Bonchev–Trinajstić information content (AvgIpc) is 2.56. The first-order valence-electron chi connectivity index (χ1n) is 8.55. The van der Waals surface area contributed by atoms with Crippen molar-refractivity contribution in [3.63, 3.8) is 0 Å². The van der Waals surface area contributed by atoms with Gasteiger partial charge in [0.1, 0.15) is 24.4 Å². The van der Waals surface area contributed by atoms with E-state index in [2.05, 4.69) is 0 Å². The second-order valence-electron chi connectivity index (χ2n) is 7.67. The Balaban J connectivity index is 2.12. The zero-order valence-electron chi connectivity index (χ0n) is 14.5. The molecule has 9 nitrogen and oxygen atoms in total. The molecule has 1 aliphatic carbocycles. The van der Waals surface area contributed by atoms with E-state index in [1.165, 1.54) is 6.92 Å². The number of aliphatic hydroxyl groups is 7. The molecule has 0 amide bonds. The van der Waals surface area contributed by atoms with Crippen molar-refractivity contribution < 1.29 is 45.2 Å². The third kappa shape index (κ3) is 4.32. The van der Waals surface area contributed by atoms with Crippen LogP contribution in [-0.4, -0.2) is 97.0 Å². The molecule has 9 heteroatoms. The maximum atomic E-state index is 10.6. The van der Waals surface area contributed by atoms with Crippen LogP contribution in [0.4, 0.5) is 0 Å². The van der Waals surface area contributed by atoms with Gasteiger partial charge in [0.2, 0.25) is 0 Å². The van der Waals surface area contributed by atoms with E-state index >= 15 is 0 Å². The van der Waals surface area contributed by atoms with E-state index in [4.69, 9.17) is 9.47 Å². The van der Waals surface area contributed by atoms with Crippen LogP contribution in [0.3, 0.4) is 0 Å². The van der Waals surface area contributed by atoms with Crippen LogP contribution in [0.15, 0.2) is 0 Å². The molecule has 9 atom stereocenters. The van der Waals surface area contributed by atoms with E-state index in [0.29, 0.717) is 12.8 Å². The van der Waals surface area contributed by atoms with Crippen LogP contribution in [0.1, 0.15) is 33.1 Å². The van der Waals surface area contributed by atoms with Crippen molar-refractivity contribution in [2.45, 2.75) is 81.1 Å². The predicted molar refractivity (Wildman–Crippen MR) is 84.3 cm³/mol. The minimum atomic E-state index is -1.57. The molecule has 0 aromatic carbocycles. The molecule has 0 radical (unpaired) electrons. The molecule has 0 aromatic rings. The molecule has 0 aromatic heterocycles. The molecule has 1 aliphatic heterocycles. The van der Waals surface area contributed by atoms with Gasteiger partial charge < -0.3 is 45.2 Å². The van der Waals surface area contributed by atoms with Gasteiger partial charge in [0, 0.05) is 0 Å². The Bertz CT molecular complexity index is 439. The Morgan fingerprint density at radius 2 is 1.80 bits per heavy atom. The fourth-order valence-electron chi connectivity index (χ4n) is 3.50. The molecule has 0 bridgehead atoms. The summed E-state index contributed by atoms with van der Waals surface area (Å²) in [6.45, 7) is 2.05. The molecule has 1 saturated carbocycles. The maximum Gasteiger partial charge on any atom is 0.187 e. The van der Waals surface area contributed by atoms with Gasteiger partial charge in [0.15, 0.2) is 6.29 Å². The van der Waals surface area contributed by atoms with Crippen molar-refractivity contribution in [1.82, 2.24) is 0 Å². The van der Waals surface area contributed by atoms with Gasteiger partial charge in [-0.25, -0.2) is 0 Å². The third-order valence-corrected chi connectivity index (χ3v) is 5.54. The smallest absolute Gasteiger partial charge is 0.187 e. The highest BCUT2D eigenvalue weighted by molar-refractivity contribution is 4.97. The Labute approximate surface area is 146 Å². The van der Waals surface area contributed by atoms with Crippen LogP contribution in [0.2, 0.25) is 0 Å². The summed E-state index contributed by atoms with van der Waals surface area (Å²) in [6.07, 6.45) is -6.94. The van der Waals surface area contributed by atoms with Crippen LogP contribution >= 0.6 is 0 Å². The number of rotatable bonds is 5. The molecule has 0 spiro atoms. The summed E-state index contributed by atoms with van der Waals surface area (Å²) in [6, 6.07) is 0. The molecule has 7 N–H and O–H groups in total. The number of ether oxygens (including phenoxy) is 2. The highest BCUT2D eigenvalue weighted by Crippen LogP contribution is 2.40. The standard InChI is InChI=1S/C16H30O9/c1-15(22)4-3-8(16(2,23)7-18)5-10(15)25-14-13(21)12(20)11(19)9(6-17)24-14/h8-14,17-23H,3-7H2,1-2H3/t8-,9-,10+,11-,12+,13-,14+,15+,16+/m1/s1. The van der Waals surface area contributed by atoms with Crippen molar-refractivity contribution >= 4 is 0 Å². The lowest BCUT2D eigenvalue weighted by Crippen LogP contribution is -2.61. The largest absolute Gasteiger partial charge is 0.394 e. The summed E-state index contributed by atoms with van der Waals surface area (Å²) in [5, 5.41) is 69.2. The van der Waals surface area contributed by atoms with E-state index in [1.54, 1.807) is 6.92 Å². The lowest BCUT2D eigenvalue weighted by Gasteiger charge is -2.47. The molecule has 25 heavy (non-hydrogen) atoms. The molecular weight excluding hydrogens is 336 g/mol. The van der Waals surface area contributed by atoms with E-state index in [-0.39, 0.29) is 12.3 Å². The Morgan fingerprint density at radius 1 is 1.16 bits per heavy atom. The maximum absolute atomic E-state index is 10.6. The minimum Gasteiger partial charge on any atom is -0.394 e. The van der Waals surface area contributed by atoms with E-state index in [9.17, 15) is 35.7 Å². The molecular formula is C16H30O9. The van der Waals surface area contributed by atoms with Gasteiger partial charge in [0.25, 0.3) is 0 Å². The second-order valence-corrected chi connectivity index (χ2v) is 7.67. The third-order valence-electron chi connectivity index (χ3n) is 5.54. The SMILES string of the molecule is C[C@](O)(CO)[C@@H]1CC[C@](C)(O)[C@@H](O[C@@H]2O[C@H](CO)[C@@H](O)[C@H](O)[C@H]2O)C1. The first kappa shape index (κ1) is 20.9. The topological polar surface area (TPSA) is 160 Å². The number of aliphatic hydroxyl groups excluding tert-OH is 5. The lowest BCUT2D eigenvalue weighted by molar-refractivity contribution is -0.328. The fraction of sp³-hybridized carbons (Fsp3) is 1.00. The fourth-order valence-corrected chi connectivity index (χ4v) is 3.50. The molecule has 2 aliphatic rings. The van der Waals surface area contributed by atoms with Gasteiger partial charge >= 0.3 is 0 Å². The highest BCUT2D eigenvalue weighted by Gasteiger charge is 2.49. The van der Waals surface area contributed by atoms with Gasteiger partial charge in [-0.05, 0) is 39.0 Å². The van der Waals surface area contributed by atoms with Gasteiger partial charge in [-0.3, -0.25) is 0 Å². The first-order valence-corrected chi connectivity index (χ1v) is 8.55. The zero-order valence-corrected chi connectivity index (χ0v) is 14.5. The molecule has 2 fully saturated rings. The monoisotopic (exact) mass is 366 g/mol. The Kier molecular flexibility index (Phi) is 6.46. The van der Waals surface area contributed by atoms with Crippen molar-refractivity contribution in [2.24, 2.45) is 5.92 Å². The molecule has 2 rings (SSSR count). The summed E-state index contributed by atoms with van der Waals surface area (Å²) >= 11 is 0. The van der Waals surface area contributed by atoms with Gasteiger partial charge in [-0.2, -0.15) is 0 Å². The van der Waals surface area contributed by atoms with Gasteiger partial charge in [-0.1, -0.05) is 0 Å². The Morgan fingerprint density at radius 3 is 2.36 bits per heavy atom. The predicted octanol–water partition coefficient (Wildman–Crippen LogP) is -2.53. The van der Waals surface area contributed by atoms with Gasteiger partial charge in [-0.15, -0.1) is 0 Å². The molecule has 0 unspecified atom stereocenters. The van der Waals surface area contributed by atoms with Crippen molar-refractivity contribution in [1.29, 1.82) is 0 Å². The van der Waals surface area contributed by atoms with Crippen molar-refractivity contribution in [2.75, 3.05) is 13.2 Å². The number of hydrogen-bond acceptors (Lipinski definition) is 9.